The van der Waals surface area contributed by atoms with Gasteiger partial charge in [0, 0.05) is 12.1 Å². The van der Waals surface area contributed by atoms with Crippen LogP contribution in [-0.4, -0.2) is 37.4 Å². The van der Waals surface area contributed by atoms with Crippen molar-refractivity contribution < 1.29 is 9.59 Å². The Morgan fingerprint density at radius 2 is 1.88 bits per heavy atom. The van der Waals surface area contributed by atoms with Crippen LogP contribution in [0.1, 0.15) is 22.8 Å². The van der Waals surface area contributed by atoms with Gasteiger partial charge in [0.05, 0.1) is 19.6 Å². The second-order valence-electron chi connectivity index (χ2n) is 4.60. The Morgan fingerprint density at radius 1 is 1.21 bits per heavy atom. The molecular weight excluding hydrogens is 421 g/mol. The summed E-state index contributed by atoms with van der Waals surface area (Å²) in [4.78, 5) is 26.8. The van der Waals surface area contributed by atoms with E-state index in [4.69, 9.17) is 12.2 Å². The van der Waals surface area contributed by atoms with Crippen LogP contribution in [0.25, 0.3) is 0 Å². The number of aliphatic imine (C=N–C) groups is 1. The fourth-order valence-electron chi connectivity index (χ4n) is 1.68. The third-order valence-electron chi connectivity index (χ3n) is 2.76. The largest absolute Gasteiger partial charge is 0.368 e. The lowest BCUT2D eigenvalue weighted by atomic mass is 10.1. The van der Waals surface area contributed by atoms with Gasteiger partial charge in [0.25, 0.3) is 5.91 Å². The molecule has 0 radical (unpaired) electrons. The highest BCUT2D eigenvalue weighted by Crippen LogP contribution is 2.05. The average Bonchev–Trinajstić information content (AvgIpc) is 2.55. The van der Waals surface area contributed by atoms with Crippen molar-refractivity contribution in [3.05, 3.63) is 35.4 Å². The Hall–Kier alpha value is -2.28. The Balaban J connectivity index is 0.00000529. The maximum atomic E-state index is 11.7. The molecule has 0 aliphatic rings. The monoisotopic (exact) mass is 443 g/mol. The molecule has 0 aliphatic carbocycles. The number of carbonyl (C=O) groups is 2. The number of nitrogens with two attached hydrogens (primary N) is 1. The van der Waals surface area contributed by atoms with Gasteiger partial charge in [-0.15, -0.1) is 30.4 Å². The molecule has 0 heterocycles. The number of amides is 2. The number of hydrogen-bond acceptors (Lipinski definition) is 3. The molecule has 0 atom stereocenters. The normalized spacial score (nSPS) is 10.1. The van der Waals surface area contributed by atoms with Crippen LogP contribution < -0.4 is 21.7 Å². The summed E-state index contributed by atoms with van der Waals surface area (Å²) in [7, 11) is 0. The first-order valence-electron chi connectivity index (χ1n) is 7.18. The average molecular weight is 443 g/mol. The molecular formula is C16H22IN5O2. The van der Waals surface area contributed by atoms with Gasteiger partial charge < -0.3 is 21.7 Å². The van der Waals surface area contributed by atoms with Crippen molar-refractivity contribution in [2.24, 2.45) is 10.7 Å². The summed E-state index contributed by atoms with van der Waals surface area (Å²) in [5.41, 5.74) is 6.37. The fourth-order valence-corrected chi connectivity index (χ4v) is 1.68. The van der Waals surface area contributed by atoms with Crippen molar-refractivity contribution in [2.75, 3.05) is 19.6 Å². The molecule has 0 saturated carbocycles. The van der Waals surface area contributed by atoms with Crippen LogP contribution >= 0.6 is 24.0 Å². The van der Waals surface area contributed by atoms with E-state index in [0.717, 1.165) is 12.1 Å². The summed E-state index contributed by atoms with van der Waals surface area (Å²) in [6.07, 6.45) is 5.21. The molecule has 0 aromatic heterocycles. The zero-order chi connectivity index (χ0) is 17.1. The summed E-state index contributed by atoms with van der Waals surface area (Å²) in [5.74, 6) is 2.19. The number of hydrogen-bond donors (Lipinski definition) is 4. The van der Waals surface area contributed by atoms with E-state index in [2.05, 4.69) is 26.9 Å². The first kappa shape index (κ1) is 21.7. The van der Waals surface area contributed by atoms with Crippen molar-refractivity contribution in [1.29, 1.82) is 0 Å². The minimum atomic E-state index is -0.584. The molecule has 7 nitrogen and oxygen atoms in total. The second-order valence-corrected chi connectivity index (χ2v) is 4.60. The molecule has 0 bridgehead atoms. The zero-order valence-corrected chi connectivity index (χ0v) is 15.8. The predicted octanol–water partition coefficient (Wildman–Crippen LogP) is 0.208. The lowest BCUT2D eigenvalue weighted by Gasteiger charge is -2.09. The van der Waals surface area contributed by atoms with E-state index >= 15 is 0 Å². The van der Waals surface area contributed by atoms with Crippen LogP contribution in [0.5, 0.6) is 0 Å². The van der Waals surface area contributed by atoms with E-state index in [1.807, 2.05) is 6.92 Å². The van der Waals surface area contributed by atoms with Gasteiger partial charge in [0.1, 0.15) is 0 Å². The van der Waals surface area contributed by atoms with Crippen molar-refractivity contribution in [3.63, 3.8) is 0 Å². The molecule has 24 heavy (non-hydrogen) atoms. The van der Waals surface area contributed by atoms with Crippen LogP contribution in [0.3, 0.4) is 0 Å². The summed E-state index contributed by atoms with van der Waals surface area (Å²) in [6, 6.07) is 6.94. The minimum Gasteiger partial charge on any atom is -0.368 e. The van der Waals surface area contributed by atoms with Crippen molar-refractivity contribution in [1.82, 2.24) is 16.0 Å². The number of terminal acetylenes is 1. The van der Waals surface area contributed by atoms with Gasteiger partial charge in [-0.1, -0.05) is 18.1 Å². The van der Waals surface area contributed by atoms with Crippen LogP contribution in [0.4, 0.5) is 0 Å². The molecule has 1 aromatic rings. The highest BCUT2D eigenvalue weighted by molar-refractivity contribution is 14.0. The molecule has 0 saturated heterocycles. The van der Waals surface area contributed by atoms with E-state index in [-0.39, 0.29) is 36.4 Å². The number of carbonyl (C=O) groups excluding carboxylic acids is 2. The number of halogens is 1. The van der Waals surface area contributed by atoms with Gasteiger partial charge in [-0.05, 0) is 24.6 Å². The molecule has 130 valence electrons. The molecule has 1 aromatic carbocycles. The number of rotatable bonds is 7. The molecule has 5 N–H and O–H groups in total. The highest BCUT2D eigenvalue weighted by Gasteiger charge is 2.06. The van der Waals surface area contributed by atoms with Crippen LogP contribution in [-0.2, 0) is 11.3 Å². The van der Waals surface area contributed by atoms with Crippen LogP contribution in [0.15, 0.2) is 29.3 Å². The lowest BCUT2D eigenvalue weighted by molar-refractivity contribution is -0.117. The van der Waals surface area contributed by atoms with Gasteiger partial charge >= 0.3 is 0 Å². The number of nitrogens with one attached hydrogen (secondary N) is 3. The Labute approximate surface area is 158 Å². The zero-order valence-electron chi connectivity index (χ0n) is 13.5. The fraction of sp³-hybridized carbons (Fsp3) is 0.312. The van der Waals surface area contributed by atoms with Gasteiger partial charge in [-0.2, -0.15) is 0 Å². The first-order valence-corrected chi connectivity index (χ1v) is 7.18. The summed E-state index contributed by atoms with van der Waals surface area (Å²) < 4.78 is 0. The van der Waals surface area contributed by atoms with Crippen molar-refractivity contribution in [3.8, 4) is 12.3 Å². The number of primary amides is 1. The Bertz CT molecular complexity index is 608. The van der Waals surface area contributed by atoms with Crippen LogP contribution in [0, 0.1) is 12.3 Å². The minimum absolute atomic E-state index is 0. The van der Waals surface area contributed by atoms with Crippen molar-refractivity contribution >= 4 is 41.8 Å². The molecule has 0 fully saturated rings. The SMILES string of the molecule is C#CCNC(=NCc1ccc(C(=O)NCC(N)=O)cc1)NCC.I. The van der Waals surface area contributed by atoms with E-state index < -0.39 is 5.91 Å². The number of guanidine groups is 1. The standard InChI is InChI=1S/C16H21N5O2.HI/c1-3-9-19-16(18-4-2)21-10-12-5-7-13(8-6-12)15(23)20-11-14(17)22;/h1,5-8H,4,9-11H2,2H3,(H2,17,22)(H,20,23)(H2,18,19,21);1H. The number of benzene rings is 1. The van der Waals surface area contributed by atoms with Crippen LogP contribution in [0.2, 0.25) is 0 Å². The molecule has 0 unspecified atom stereocenters. The molecule has 0 spiro atoms. The smallest absolute Gasteiger partial charge is 0.251 e. The third-order valence-corrected chi connectivity index (χ3v) is 2.76. The maximum absolute atomic E-state index is 11.7. The van der Waals surface area contributed by atoms with Crippen molar-refractivity contribution in [2.45, 2.75) is 13.5 Å². The van der Waals surface area contributed by atoms with Gasteiger partial charge in [0.15, 0.2) is 5.96 Å². The van der Waals surface area contributed by atoms with E-state index in [1.165, 1.54) is 0 Å². The summed E-state index contributed by atoms with van der Waals surface area (Å²) in [5, 5.41) is 8.50. The second kappa shape index (κ2) is 12.2. The van der Waals surface area contributed by atoms with E-state index in [9.17, 15) is 9.59 Å². The predicted molar refractivity (Wildman–Crippen MR) is 105 cm³/mol. The summed E-state index contributed by atoms with van der Waals surface area (Å²) >= 11 is 0. The topological polar surface area (TPSA) is 109 Å². The maximum Gasteiger partial charge on any atom is 0.251 e. The quantitative estimate of drug-likeness (QED) is 0.209. The lowest BCUT2D eigenvalue weighted by Crippen LogP contribution is -2.37. The van der Waals surface area contributed by atoms with E-state index in [0.29, 0.717) is 24.6 Å². The molecule has 2 amide bonds. The van der Waals surface area contributed by atoms with E-state index in [1.54, 1.807) is 24.3 Å². The van der Waals surface area contributed by atoms with Gasteiger partial charge in [-0.25, -0.2) is 4.99 Å². The van der Waals surface area contributed by atoms with Gasteiger partial charge in [0.2, 0.25) is 5.91 Å². The number of nitrogens with zero attached hydrogens (tertiary/aromatic N) is 1. The van der Waals surface area contributed by atoms with Gasteiger partial charge in [-0.3, -0.25) is 9.59 Å². The summed E-state index contributed by atoms with van der Waals surface area (Å²) in [6.45, 7) is 3.35. The highest BCUT2D eigenvalue weighted by atomic mass is 127. The Morgan fingerprint density at radius 3 is 2.42 bits per heavy atom. The first-order chi connectivity index (χ1) is 11.1. The third kappa shape index (κ3) is 8.38. The molecule has 8 heteroatoms. The molecule has 1 rings (SSSR count). The Kier molecular flexibility index (Phi) is 11.0. The molecule has 0 aliphatic heterocycles.